The number of rotatable bonds is 6. The zero-order valence-electron chi connectivity index (χ0n) is 19.8. The van der Waals surface area contributed by atoms with E-state index in [4.69, 9.17) is 9.97 Å². The molecule has 3 heterocycles. The van der Waals surface area contributed by atoms with Crippen molar-refractivity contribution in [3.8, 4) is 22.6 Å². The summed E-state index contributed by atoms with van der Waals surface area (Å²) in [4.78, 5) is 13.8. The molecule has 0 saturated heterocycles. The van der Waals surface area contributed by atoms with Gasteiger partial charge in [0.25, 0.3) is 0 Å². The summed E-state index contributed by atoms with van der Waals surface area (Å²) in [5, 5.41) is 3.31. The van der Waals surface area contributed by atoms with Gasteiger partial charge >= 0.3 is 6.18 Å². The maximum absolute atomic E-state index is 13.5. The van der Waals surface area contributed by atoms with Crippen LogP contribution < -0.4 is 5.32 Å². The highest BCUT2D eigenvalue weighted by Gasteiger charge is 2.31. The summed E-state index contributed by atoms with van der Waals surface area (Å²) < 4.78 is 42.3. The van der Waals surface area contributed by atoms with Crippen molar-refractivity contribution < 1.29 is 13.2 Å². The predicted octanol–water partition coefficient (Wildman–Crippen LogP) is 7.21. The van der Waals surface area contributed by atoms with Crippen LogP contribution in [0.2, 0.25) is 0 Å². The molecule has 0 bridgehead atoms. The molecule has 0 amide bonds. The minimum atomic E-state index is -4.45. The van der Waals surface area contributed by atoms with Crippen LogP contribution >= 0.6 is 0 Å². The predicted molar refractivity (Wildman–Crippen MR) is 135 cm³/mol. The van der Waals surface area contributed by atoms with E-state index in [1.165, 1.54) is 6.07 Å². The molecule has 0 saturated carbocycles. The van der Waals surface area contributed by atoms with E-state index in [2.05, 4.69) is 10.3 Å². The minimum absolute atomic E-state index is 0.0429. The highest BCUT2D eigenvalue weighted by atomic mass is 19.4. The first-order valence-electron chi connectivity index (χ1n) is 11.7. The molecule has 0 aliphatic rings. The number of anilines is 1. The highest BCUT2D eigenvalue weighted by molar-refractivity contribution is 5.81. The van der Waals surface area contributed by atoms with Crippen molar-refractivity contribution in [3.05, 3.63) is 102 Å². The van der Waals surface area contributed by atoms with Gasteiger partial charge in [0.2, 0.25) is 5.95 Å². The smallest absolute Gasteiger partial charge is 0.348 e. The first-order valence-corrected chi connectivity index (χ1v) is 11.7. The van der Waals surface area contributed by atoms with E-state index >= 15 is 0 Å². The molecule has 0 spiro atoms. The Morgan fingerprint density at radius 2 is 1.75 bits per heavy atom. The monoisotopic (exact) mass is 487 g/mol. The number of pyridine rings is 1. The van der Waals surface area contributed by atoms with Crippen molar-refractivity contribution in [1.82, 2.24) is 19.4 Å². The molecule has 5 nitrogen and oxygen atoms in total. The third-order valence-electron chi connectivity index (χ3n) is 6.11. The summed E-state index contributed by atoms with van der Waals surface area (Å²) in [7, 11) is 0. The molecule has 0 radical (unpaired) electrons. The second-order valence-corrected chi connectivity index (χ2v) is 8.55. The van der Waals surface area contributed by atoms with E-state index in [-0.39, 0.29) is 6.04 Å². The van der Waals surface area contributed by atoms with Gasteiger partial charge in [-0.1, -0.05) is 49.4 Å². The number of nitrogens with one attached hydrogen (secondary N) is 1. The average molecular weight is 488 g/mol. The van der Waals surface area contributed by atoms with Crippen LogP contribution in [0.5, 0.6) is 0 Å². The van der Waals surface area contributed by atoms with Gasteiger partial charge in [0.15, 0.2) is 0 Å². The number of hydrogen-bond donors (Lipinski definition) is 1. The lowest BCUT2D eigenvalue weighted by Gasteiger charge is -2.15. The van der Waals surface area contributed by atoms with E-state index in [9.17, 15) is 13.2 Å². The Morgan fingerprint density at radius 3 is 2.50 bits per heavy atom. The lowest BCUT2D eigenvalue weighted by atomic mass is 10.0. The van der Waals surface area contributed by atoms with Crippen LogP contribution in [0.15, 0.2) is 85.2 Å². The fourth-order valence-electron chi connectivity index (χ4n) is 4.17. The maximum atomic E-state index is 13.5. The Labute approximate surface area is 206 Å². The van der Waals surface area contributed by atoms with Crippen LogP contribution in [0.25, 0.3) is 28.3 Å². The molecule has 1 atom stereocenters. The summed E-state index contributed by atoms with van der Waals surface area (Å²) in [6.07, 6.45) is -0.117. The Morgan fingerprint density at radius 1 is 0.944 bits per heavy atom. The Balaban J connectivity index is 1.63. The zero-order chi connectivity index (χ0) is 25.3. The van der Waals surface area contributed by atoms with Crippen molar-refractivity contribution in [2.24, 2.45) is 0 Å². The van der Waals surface area contributed by atoms with Crippen molar-refractivity contribution in [3.63, 3.8) is 0 Å². The third-order valence-corrected chi connectivity index (χ3v) is 6.11. The Bertz CT molecular complexity index is 1510. The molecule has 3 aromatic heterocycles. The van der Waals surface area contributed by atoms with Crippen molar-refractivity contribution in [2.75, 3.05) is 5.32 Å². The molecule has 0 aliphatic heterocycles. The molecule has 5 rings (SSSR count). The summed E-state index contributed by atoms with van der Waals surface area (Å²) in [6, 6.07) is 20.8. The quantitative estimate of drug-likeness (QED) is 0.275. The molecular formula is C28H24F3N5. The van der Waals surface area contributed by atoms with Crippen molar-refractivity contribution in [1.29, 1.82) is 0 Å². The maximum Gasteiger partial charge on any atom is 0.416 e. The normalized spacial score (nSPS) is 12.6. The van der Waals surface area contributed by atoms with Gasteiger partial charge in [0.05, 0.1) is 28.7 Å². The molecule has 182 valence electrons. The van der Waals surface area contributed by atoms with Gasteiger partial charge in [-0.15, -0.1) is 0 Å². The fraction of sp³-hybridized carbons (Fsp3) is 0.179. The van der Waals surface area contributed by atoms with Crippen LogP contribution in [0.1, 0.15) is 36.6 Å². The number of hydrogen-bond acceptors (Lipinski definition) is 4. The molecular weight excluding hydrogens is 463 g/mol. The standard InChI is InChI=1S/C28H24F3N5/c1-3-19-13-15-36-24(16-19)35-25(21-10-7-11-22(17-21)28(29,30)31)26(36)23-12-14-32-27(34-23)33-18(2)20-8-5-4-6-9-20/h4-18H,3H2,1-2H3,(H,32,33,34)/t18-/m0/s1. The topological polar surface area (TPSA) is 55.1 Å². The number of alkyl halides is 3. The fourth-order valence-corrected chi connectivity index (χ4v) is 4.17. The van der Waals surface area contributed by atoms with Crippen LogP contribution in [-0.4, -0.2) is 19.4 Å². The first-order chi connectivity index (χ1) is 17.3. The lowest BCUT2D eigenvalue weighted by molar-refractivity contribution is -0.137. The number of nitrogens with zero attached hydrogens (tertiary/aromatic N) is 4. The van der Waals surface area contributed by atoms with E-state index < -0.39 is 11.7 Å². The summed E-state index contributed by atoms with van der Waals surface area (Å²) >= 11 is 0. The molecule has 0 aliphatic carbocycles. The average Bonchev–Trinajstić information content (AvgIpc) is 3.27. The number of aromatic nitrogens is 4. The molecule has 0 fully saturated rings. The number of benzene rings is 2. The second-order valence-electron chi connectivity index (χ2n) is 8.55. The second kappa shape index (κ2) is 9.45. The number of fused-ring (bicyclic) bond motifs is 1. The number of imidazole rings is 1. The van der Waals surface area contributed by atoms with Gasteiger partial charge in [0.1, 0.15) is 5.65 Å². The first kappa shape index (κ1) is 23.5. The molecule has 0 unspecified atom stereocenters. The van der Waals surface area contributed by atoms with Gasteiger partial charge in [-0.25, -0.2) is 15.0 Å². The van der Waals surface area contributed by atoms with Crippen LogP contribution in [0, 0.1) is 0 Å². The van der Waals surface area contributed by atoms with Gasteiger partial charge in [-0.05, 0) is 54.8 Å². The molecule has 2 aromatic carbocycles. The lowest BCUT2D eigenvalue weighted by Crippen LogP contribution is -2.09. The molecule has 5 aromatic rings. The van der Waals surface area contributed by atoms with Gasteiger partial charge in [0, 0.05) is 18.0 Å². The van der Waals surface area contributed by atoms with Gasteiger partial charge in [-0.3, -0.25) is 4.40 Å². The molecule has 36 heavy (non-hydrogen) atoms. The van der Waals surface area contributed by atoms with E-state index in [0.717, 1.165) is 29.7 Å². The Kier molecular flexibility index (Phi) is 6.18. The SMILES string of the molecule is CCc1ccn2c(-c3ccnc(N[C@@H](C)c4ccccc4)n3)c(-c3cccc(C(F)(F)F)c3)nc2c1. The van der Waals surface area contributed by atoms with E-state index in [1.54, 1.807) is 18.3 Å². The minimum Gasteiger partial charge on any atom is -0.348 e. The molecule has 1 N–H and O–H groups in total. The summed E-state index contributed by atoms with van der Waals surface area (Å²) in [6.45, 7) is 4.06. The summed E-state index contributed by atoms with van der Waals surface area (Å²) in [5.74, 6) is 0.416. The van der Waals surface area contributed by atoms with Crippen LogP contribution in [-0.2, 0) is 12.6 Å². The highest BCUT2D eigenvalue weighted by Crippen LogP contribution is 2.36. The van der Waals surface area contributed by atoms with Gasteiger partial charge < -0.3 is 5.32 Å². The zero-order valence-corrected chi connectivity index (χ0v) is 19.8. The van der Waals surface area contributed by atoms with Crippen LogP contribution in [0.4, 0.5) is 19.1 Å². The van der Waals surface area contributed by atoms with Crippen molar-refractivity contribution >= 4 is 11.6 Å². The van der Waals surface area contributed by atoms with Gasteiger partial charge in [-0.2, -0.15) is 13.2 Å². The Hall–Kier alpha value is -4.20. The number of halogens is 3. The van der Waals surface area contributed by atoms with Crippen LogP contribution in [0.3, 0.4) is 0 Å². The summed E-state index contributed by atoms with van der Waals surface area (Å²) in [5.41, 5.74) is 4.03. The van der Waals surface area contributed by atoms with E-state index in [1.807, 2.05) is 66.9 Å². The van der Waals surface area contributed by atoms with Crippen molar-refractivity contribution in [2.45, 2.75) is 32.5 Å². The van der Waals surface area contributed by atoms with E-state index in [0.29, 0.717) is 34.2 Å². The number of aryl methyl sites for hydroxylation is 1. The molecule has 8 heteroatoms. The largest absolute Gasteiger partial charge is 0.416 e. The third kappa shape index (κ3) is 4.66.